The third kappa shape index (κ3) is 2.41. The van der Waals surface area contributed by atoms with Crippen molar-refractivity contribution in [2.24, 2.45) is 5.92 Å². The van der Waals surface area contributed by atoms with Gasteiger partial charge in [0, 0.05) is 24.7 Å². The Labute approximate surface area is 160 Å². The van der Waals surface area contributed by atoms with Crippen molar-refractivity contribution in [3.05, 3.63) is 59.0 Å². The molecule has 1 amide bonds. The number of carbonyl (C=O) groups excluding carboxylic acids is 1. The van der Waals surface area contributed by atoms with Crippen LogP contribution in [0.2, 0.25) is 5.02 Å². The van der Waals surface area contributed by atoms with E-state index in [0.717, 1.165) is 24.9 Å². The third-order valence-corrected chi connectivity index (χ3v) is 5.99. The summed E-state index contributed by atoms with van der Waals surface area (Å²) < 4.78 is 7.40. The summed E-state index contributed by atoms with van der Waals surface area (Å²) in [5.41, 5.74) is 0.739. The topological polar surface area (TPSA) is 77.1 Å². The van der Waals surface area contributed by atoms with Crippen LogP contribution in [-0.2, 0) is 5.54 Å². The van der Waals surface area contributed by atoms with Crippen molar-refractivity contribution in [1.82, 2.24) is 24.9 Å². The number of carbonyl (C=O) groups is 1. The van der Waals surface area contributed by atoms with Gasteiger partial charge in [-0.1, -0.05) is 17.7 Å². The molecule has 27 heavy (non-hydrogen) atoms. The largest absolute Gasteiger partial charge is 0.423 e. The molecule has 2 atom stereocenters. The van der Waals surface area contributed by atoms with E-state index in [2.05, 4.69) is 15.3 Å². The fourth-order valence-electron chi connectivity index (χ4n) is 4.33. The second kappa shape index (κ2) is 5.92. The van der Waals surface area contributed by atoms with Gasteiger partial charge in [0.05, 0.1) is 5.69 Å². The first-order chi connectivity index (χ1) is 13.1. The van der Waals surface area contributed by atoms with E-state index in [1.807, 2.05) is 23.1 Å². The van der Waals surface area contributed by atoms with Crippen molar-refractivity contribution in [2.75, 3.05) is 6.54 Å². The quantitative estimate of drug-likeness (QED) is 0.693. The number of hydrogen-bond donors (Lipinski definition) is 0. The molecule has 3 heterocycles. The van der Waals surface area contributed by atoms with Gasteiger partial charge in [-0.3, -0.25) is 4.79 Å². The summed E-state index contributed by atoms with van der Waals surface area (Å²) in [5.74, 6) is 1.34. The Balaban J connectivity index is 1.47. The molecule has 1 saturated carbocycles. The maximum atomic E-state index is 13.3. The van der Waals surface area contributed by atoms with Gasteiger partial charge in [-0.25, -0.2) is 4.68 Å². The monoisotopic (exact) mass is 383 g/mol. The number of rotatable bonds is 3. The molecule has 0 bridgehead atoms. The van der Waals surface area contributed by atoms with E-state index in [1.54, 1.807) is 29.9 Å². The highest BCUT2D eigenvalue weighted by atomic mass is 35.5. The predicted molar refractivity (Wildman–Crippen MR) is 97.7 cm³/mol. The molecule has 1 aliphatic carbocycles. The van der Waals surface area contributed by atoms with E-state index in [1.165, 1.54) is 0 Å². The maximum Gasteiger partial charge on any atom is 0.275 e. The molecule has 0 radical (unpaired) electrons. The van der Waals surface area contributed by atoms with Crippen molar-refractivity contribution < 1.29 is 9.21 Å². The van der Waals surface area contributed by atoms with Gasteiger partial charge in [-0.15, -0.1) is 10.2 Å². The van der Waals surface area contributed by atoms with Crippen LogP contribution in [0.15, 0.2) is 40.9 Å². The van der Waals surface area contributed by atoms with E-state index in [9.17, 15) is 4.79 Å². The molecule has 3 aromatic rings. The normalized spacial score (nSPS) is 23.9. The number of nitrogens with zero attached hydrogens (tertiary/aromatic N) is 5. The zero-order valence-electron chi connectivity index (χ0n) is 14.8. The molecule has 1 saturated heterocycles. The van der Waals surface area contributed by atoms with Crippen LogP contribution in [0, 0.1) is 12.8 Å². The first-order valence-corrected chi connectivity index (χ1v) is 9.40. The van der Waals surface area contributed by atoms with Crippen LogP contribution in [0.3, 0.4) is 0 Å². The summed E-state index contributed by atoms with van der Waals surface area (Å²) in [5, 5.41) is 13.3. The van der Waals surface area contributed by atoms with E-state index in [0.29, 0.717) is 35.0 Å². The molecule has 0 unspecified atom stereocenters. The lowest BCUT2D eigenvalue weighted by Crippen LogP contribution is -2.54. The van der Waals surface area contributed by atoms with Crippen molar-refractivity contribution >= 4 is 17.5 Å². The molecular formula is C19H18ClN5O2. The van der Waals surface area contributed by atoms with Crippen LogP contribution >= 0.6 is 11.6 Å². The first kappa shape index (κ1) is 16.5. The second-order valence-electron chi connectivity index (χ2n) is 7.16. The highest BCUT2D eigenvalue weighted by molar-refractivity contribution is 6.30. The van der Waals surface area contributed by atoms with Gasteiger partial charge in [-0.05, 0) is 49.4 Å². The highest BCUT2D eigenvalue weighted by Gasteiger charge is 2.61. The molecule has 7 nitrogen and oxygen atoms in total. The molecule has 2 fully saturated rings. The summed E-state index contributed by atoms with van der Waals surface area (Å²) in [4.78, 5) is 15.1. The van der Waals surface area contributed by atoms with Gasteiger partial charge in [-0.2, -0.15) is 5.10 Å². The lowest BCUT2D eigenvalue weighted by atomic mass is 9.67. The highest BCUT2D eigenvalue weighted by Crippen LogP contribution is 2.56. The van der Waals surface area contributed by atoms with Gasteiger partial charge < -0.3 is 9.32 Å². The SMILES string of the molecule is Cc1nnc([C@]23CC[C@H]2CCN3C(=O)c2ccn(-c3cccc(Cl)c3)n2)o1. The first-order valence-electron chi connectivity index (χ1n) is 9.02. The Morgan fingerprint density at radius 3 is 2.89 bits per heavy atom. The van der Waals surface area contributed by atoms with Gasteiger partial charge in [0.2, 0.25) is 11.8 Å². The zero-order valence-corrected chi connectivity index (χ0v) is 15.6. The standard InChI is InChI=1S/C19H18ClN5O2/c1-12-21-22-18(27-12)19-8-5-13(19)6-9-24(19)17(26)16-7-10-25(23-16)15-4-2-3-14(20)11-15/h2-4,7,10-11,13H,5-6,8-9H2,1H3/t13-,19-/m0/s1. The van der Waals surface area contributed by atoms with Crippen molar-refractivity contribution in [3.8, 4) is 5.69 Å². The van der Waals surface area contributed by atoms with Gasteiger partial charge >= 0.3 is 0 Å². The molecule has 1 aliphatic heterocycles. The molecule has 1 aromatic carbocycles. The smallest absolute Gasteiger partial charge is 0.275 e. The number of amides is 1. The van der Waals surface area contributed by atoms with E-state index >= 15 is 0 Å². The zero-order chi connectivity index (χ0) is 18.6. The van der Waals surface area contributed by atoms with Crippen LogP contribution in [0.25, 0.3) is 5.69 Å². The van der Waals surface area contributed by atoms with Crippen molar-refractivity contribution in [3.63, 3.8) is 0 Å². The lowest BCUT2D eigenvalue weighted by molar-refractivity contribution is -0.00381. The average Bonchev–Trinajstić information content (AvgIpc) is 3.33. The van der Waals surface area contributed by atoms with E-state index in [4.69, 9.17) is 16.0 Å². The Kier molecular flexibility index (Phi) is 3.62. The number of aromatic nitrogens is 4. The number of hydrogen-bond acceptors (Lipinski definition) is 5. The van der Waals surface area contributed by atoms with E-state index in [-0.39, 0.29) is 5.91 Å². The molecule has 2 aromatic heterocycles. The van der Waals surface area contributed by atoms with Crippen LogP contribution in [0.5, 0.6) is 0 Å². The Bertz CT molecular complexity index is 1030. The van der Waals surface area contributed by atoms with Crippen LogP contribution in [-0.4, -0.2) is 37.3 Å². The minimum Gasteiger partial charge on any atom is -0.423 e. The van der Waals surface area contributed by atoms with Crippen molar-refractivity contribution in [2.45, 2.75) is 31.7 Å². The minimum absolute atomic E-state index is 0.103. The van der Waals surface area contributed by atoms with Crippen LogP contribution < -0.4 is 0 Å². The average molecular weight is 384 g/mol. The molecule has 8 heteroatoms. The predicted octanol–water partition coefficient (Wildman–Crippen LogP) is 3.37. The Morgan fingerprint density at radius 1 is 1.30 bits per heavy atom. The number of halogens is 1. The summed E-state index contributed by atoms with van der Waals surface area (Å²) >= 11 is 6.06. The fourth-order valence-corrected chi connectivity index (χ4v) is 4.52. The summed E-state index contributed by atoms with van der Waals surface area (Å²) in [6.07, 6.45) is 4.64. The summed E-state index contributed by atoms with van der Waals surface area (Å²) in [6, 6.07) is 9.10. The van der Waals surface area contributed by atoms with Gasteiger partial charge in [0.25, 0.3) is 5.91 Å². The van der Waals surface area contributed by atoms with Crippen LogP contribution in [0.1, 0.15) is 41.5 Å². The van der Waals surface area contributed by atoms with Crippen LogP contribution in [0.4, 0.5) is 0 Å². The molecular weight excluding hydrogens is 366 g/mol. The number of aryl methyl sites for hydroxylation is 1. The number of likely N-dealkylation sites (tertiary alicyclic amines) is 1. The molecule has 2 aliphatic rings. The third-order valence-electron chi connectivity index (χ3n) is 5.75. The van der Waals surface area contributed by atoms with Gasteiger partial charge in [0.15, 0.2) is 5.69 Å². The fraction of sp³-hybridized carbons (Fsp3) is 0.368. The Morgan fingerprint density at radius 2 is 2.19 bits per heavy atom. The number of fused-ring (bicyclic) bond motifs is 1. The summed E-state index contributed by atoms with van der Waals surface area (Å²) in [7, 11) is 0. The minimum atomic E-state index is -0.474. The van der Waals surface area contributed by atoms with E-state index < -0.39 is 5.54 Å². The second-order valence-corrected chi connectivity index (χ2v) is 7.59. The van der Waals surface area contributed by atoms with Crippen molar-refractivity contribution in [1.29, 1.82) is 0 Å². The lowest BCUT2D eigenvalue weighted by Gasteiger charge is -2.46. The maximum absolute atomic E-state index is 13.3. The summed E-state index contributed by atoms with van der Waals surface area (Å²) in [6.45, 7) is 2.45. The molecule has 0 N–H and O–H groups in total. The number of benzene rings is 1. The Hall–Kier alpha value is -2.67. The molecule has 0 spiro atoms. The molecule has 5 rings (SSSR count). The van der Waals surface area contributed by atoms with Gasteiger partial charge in [0.1, 0.15) is 5.54 Å². The molecule has 138 valence electrons.